The zero-order chi connectivity index (χ0) is 22.8. The zero-order valence-corrected chi connectivity index (χ0v) is 19.8. The Hall–Kier alpha value is -2.42. The van der Waals surface area contributed by atoms with Crippen molar-refractivity contribution in [1.29, 1.82) is 0 Å². The minimum absolute atomic E-state index is 0.0242. The third kappa shape index (κ3) is 10.9. The van der Waals surface area contributed by atoms with E-state index in [1.54, 1.807) is 4.90 Å². The molecule has 0 bridgehead atoms. The topological polar surface area (TPSA) is 37.4 Å². The maximum absolute atomic E-state index is 11.6. The van der Waals surface area contributed by atoms with E-state index in [1.807, 2.05) is 57.2 Å². The molecule has 0 saturated carbocycles. The predicted octanol–water partition coefficient (Wildman–Crippen LogP) is 6.49. The van der Waals surface area contributed by atoms with Gasteiger partial charge in [0.2, 0.25) is 6.41 Å². The van der Waals surface area contributed by atoms with Crippen LogP contribution in [0.1, 0.15) is 65.0 Å². The summed E-state index contributed by atoms with van der Waals surface area (Å²) >= 11 is 0. The number of amides is 1. The summed E-state index contributed by atoms with van der Waals surface area (Å²) in [6.07, 6.45) is 5.21. The first-order valence-corrected chi connectivity index (χ1v) is 11.3. The van der Waals surface area contributed by atoms with Crippen molar-refractivity contribution >= 4 is 12.2 Å². The fraction of sp³-hybridized carbons (Fsp3) is 0.481. The van der Waals surface area contributed by atoms with Gasteiger partial charge in [-0.25, -0.2) is 0 Å². The highest BCUT2D eigenvalue weighted by Gasteiger charge is 2.36. The molecule has 0 spiro atoms. The fourth-order valence-electron chi connectivity index (χ4n) is 2.97. The summed E-state index contributed by atoms with van der Waals surface area (Å²) in [7, 11) is 0. The standard InChI is InChI=1S/C14H17NO2.C7H8.C4H10.C2H6/c1-11-13(15(10-16)9-14(11)17)8-7-12-5-3-2-4-6-12;1-7-5-3-2-4-6-7;1-3-4-2;1-2/h2-6,10-11,13H,7-9H2,1H3;2-6H,1H3;3-4H2,1-2H3;1-2H3. The lowest BCUT2D eigenvalue weighted by Crippen LogP contribution is -2.31. The van der Waals surface area contributed by atoms with E-state index < -0.39 is 0 Å². The second kappa shape index (κ2) is 17.4. The van der Waals surface area contributed by atoms with E-state index in [9.17, 15) is 9.59 Å². The average Bonchev–Trinajstić information content (AvgIpc) is 3.08. The predicted molar refractivity (Wildman–Crippen MR) is 129 cm³/mol. The monoisotopic (exact) mass is 411 g/mol. The molecule has 0 N–H and O–H groups in total. The van der Waals surface area contributed by atoms with Crippen molar-refractivity contribution in [1.82, 2.24) is 4.90 Å². The van der Waals surface area contributed by atoms with E-state index in [1.165, 1.54) is 24.0 Å². The van der Waals surface area contributed by atoms with Crippen molar-refractivity contribution in [3.8, 4) is 0 Å². The van der Waals surface area contributed by atoms with Crippen LogP contribution >= 0.6 is 0 Å². The number of Topliss-reactive ketones (excluding diaryl/α,β-unsaturated/α-hetero) is 1. The Morgan fingerprint density at radius 2 is 1.43 bits per heavy atom. The summed E-state index contributed by atoms with van der Waals surface area (Å²) in [4.78, 5) is 24.1. The Bertz CT molecular complexity index is 668. The second-order valence-corrected chi connectivity index (χ2v) is 7.28. The molecule has 2 aromatic carbocycles. The van der Waals surface area contributed by atoms with Gasteiger partial charge in [-0.2, -0.15) is 0 Å². The maximum atomic E-state index is 11.6. The summed E-state index contributed by atoms with van der Waals surface area (Å²) in [5.74, 6) is 0.152. The highest BCUT2D eigenvalue weighted by molar-refractivity contribution is 5.87. The lowest BCUT2D eigenvalue weighted by Gasteiger charge is -2.21. The van der Waals surface area contributed by atoms with E-state index in [2.05, 4.69) is 45.0 Å². The van der Waals surface area contributed by atoms with Gasteiger partial charge in [-0.15, -0.1) is 0 Å². The summed E-state index contributed by atoms with van der Waals surface area (Å²) in [5.41, 5.74) is 2.58. The van der Waals surface area contributed by atoms with Crippen molar-refractivity contribution in [2.24, 2.45) is 5.92 Å². The van der Waals surface area contributed by atoms with Gasteiger partial charge >= 0.3 is 0 Å². The van der Waals surface area contributed by atoms with Gasteiger partial charge in [-0.1, -0.05) is 114 Å². The number of hydrogen-bond donors (Lipinski definition) is 0. The van der Waals surface area contributed by atoms with Crippen molar-refractivity contribution in [3.05, 3.63) is 71.8 Å². The second-order valence-electron chi connectivity index (χ2n) is 7.28. The van der Waals surface area contributed by atoms with Crippen LogP contribution in [0, 0.1) is 12.8 Å². The lowest BCUT2D eigenvalue weighted by molar-refractivity contribution is -0.122. The molecule has 30 heavy (non-hydrogen) atoms. The molecule has 1 heterocycles. The number of likely N-dealkylation sites (tertiary alicyclic amines) is 1. The number of hydrogen-bond acceptors (Lipinski definition) is 2. The number of benzene rings is 2. The molecule has 3 heteroatoms. The molecule has 0 radical (unpaired) electrons. The molecule has 3 nitrogen and oxygen atoms in total. The van der Waals surface area contributed by atoms with Crippen molar-refractivity contribution in [2.45, 2.75) is 73.3 Å². The Morgan fingerprint density at radius 1 is 0.933 bits per heavy atom. The minimum Gasteiger partial charge on any atom is -0.334 e. The Labute approximate surface area is 184 Å². The van der Waals surface area contributed by atoms with Crippen LogP contribution in [0.4, 0.5) is 0 Å². The SMILES string of the molecule is CC.CC1C(=O)CN(C=O)C1CCc1ccccc1.CCCC.Cc1ccccc1. The first kappa shape index (κ1) is 27.6. The van der Waals surface area contributed by atoms with Crippen LogP contribution in [0.3, 0.4) is 0 Å². The molecule has 2 aromatic rings. The number of unbranched alkanes of at least 4 members (excludes halogenated alkanes) is 1. The summed E-state index contributed by atoms with van der Waals surface area (Å²) in [6, 6.07) is 20.5. The van der Waals surface area contributed by atoms with Crippen LogP contribution in [0.15, 0.2) is 60.7 Å². The van der Waals surface area contributed by atoms with Crippen molar-refractivity contribution in [3.63, 3.8) is 0 Å². The van der Waals surface area contributed by atoms with Crippen LogP contribution in [0.2, 0.25) is 0 Å². The maximum Gasteiger partial charge on any atom is 0.210 e. The number of nitrogens with zero attached hydrogens (tertiary/aromatic N) is 1. The summed E-state index contributed by atoms with van der Waals surface area (Å²) in [6.45, 7) is 12.6. The third-order valence-corrected chi connectivity index (χ3v) is 5.00. The number of carbonyl (C=O) groups is 2. The lowest BCUT2D eigenvalue weighted by atomic mass is 9.95. The first-order valence-electron chi connectivity index (χ1n) is 11.3. The van der Waals surface area contributed by atoms with Crippen LogP contribution in [0.25, 0.3) is 0 Å². The van der Waals surface area contributed by atoms with Gasteiger partial charge in [0.15, 0.2) is 5.78 Å². The highest BCUT2D eigenvalue weighted by atomic mass is 16.2. The minimum atomic E-state index is -0.0242. The molecular weight excluding hydrogens is 370 g/mol. The highest BCUT2D eigenvalue weighted by Crippen LogP contribution is 2.23. The molecule has 1 aliphatic heterocycles. The molecule has 2 atom stereocenters. The van der Waals surface area contributed by atoms with Gasteiger partial charge in [0.25, 0.3) is 0 Å². The van der Waals surface area contributed by atoms with Crippen LogP contribution in [-0.4, -0.2) is 29.7 Å². The van der Waals surface area contributed by atoms with Crippen LogP contribution in [-0.2, 0) is 16.0 Å². The van der Waals surface area contributed by atoms with Gasteiger partial charge in [-0.3, -0.25) is 9.59 Å². The molecule has 0 aliphatic carbocycles. The molecule has 3 rings (SSSR count). The molecule has 1 fully saturated rings. The first-order chi connectivity index (χ1) is 14.5. The molecule has 1 amide bonds. The van der Waals surface area contributed by atoms with Gasteiger partial charge in [-0.05, 0) is 25.3 Å². The molecule has 166 valence electrons. The van der Waals surface area contributed by atoms with Crippen molar-refractivity contribution < 1.29 is 9.59 Å². The van der Waals surface area contributed by atoms with Gasteiger partial charge in [0, 0.05) is 12.0 Å². The molecule has 2 unspecified atom stereocenters. The smallest absolute Gasteiger partial charge is 0.210 e. The van der Waals surface area contributed by atoms with Crippen LogP contribution < -0.4 is 0 Å². The summed E-state index contributed by atoms with van der Waals surface area (Å²) in [5, 5.41) is 0. The van der Waals surface area contributed by atoms with E-state index in [0.717, 1.165) is 19.3 Å². The van der Waals surface area contributed by atoms with Gasteiger partial charge in [0.05, 0.1) is 6.54 Å². The normalized spacial score (nSPS) is 16.9. The van der Waals surface area contributed by atoms with E-state index >= 15 is 0 Å². The van der Waals surface area contributed by atoms with Crippen molar-refractivity contribution in [2.75, 3.05) is 6.54 Å². The Balaban J connectivity index is 0.000000534. The zero-order valence-electron chi connectivity index (χ0n) is 19.8. The van der Waals surface area contributed by atoms with Gasteiger partial charge in [0.1, 0.15) is 0 Å². The van der Waals surface area contributed by atoms with E-state index in [-0.39, 0.29) is 24.3 Å². The largest absolute Gasteiger partial charge is 0.334 e. The number of carbonyl (C=O) groups excluding carboxylic acids is 2. The van der Waals surface area contributed by atoms with Gasteiger partial charge < -0.3 is 4.90 Å². The van der Waals surface area contributed by atoms with Crippen LogP contribution in [0.5, 0.6) is 0 Å². The molecule has 0 aromatic heterocycles. The van der Waals surface area contributed by atoms with E-state index in [0.29, 0.717) is 0 Å². The third-order valence-electron chi connectivity index (χ3n) is 5.00. The van der Waals surface area contributed by atoms with E-state index in [4.69, 9.17) is 0 Å². The Kier molecular flexibility index (Phi) is 16.0. The molecule has 1 saturated heterocycles. The molecular formula is C27H41NO2. The molecule has 1 aliphatic rings. The quantitative estimate of drug-likeness (QED) is 0.527. The average molecular weight is 412 g/mol. The summed E-state index contributed by atoms with van der Waals surface area (Å²) < 4.78 is 0. The number of ketones is 1. The fourth-order valence-corrected chi connectivity index (χ4v) is 2.97. The number of rotatable bonds is 5. The number of aryl methyl sites for hydroxylation is 2. The Morgan fingerprint density at radius 3 is 1.83 bits per heavy atom.